The molecule has 0 aliphatic carbocycles. The van der Waals surface area contributed by atoms with Gasteiger partial charge in [-0.25, -0.2) is 8.78 Å². The fraction of sp³-hybridized carbons (Fsp3) is 0.294. The quantitative estimate of drug-likeness (QED) is 0.779. The molecule has 2 nitrogen and oxygen atoms in total. The van der Waals surface area contributed by atoms with Crippen molar-refractivity contribution in [3.8, 4) is 11.1 Å². The van der Waals surface area contributed by atoms with Gasteiger partial charge in [0, 0.05) is 17.8 Å². The molecule has 2 aromatic rings. The van der Waals surface area contributed by atoms with E-state index in [1.807, 2.05) is 6.92 Å². The highest BCUT2D eigenvalue weighted by molar-refractivity contribution is 5.98. The summed E-state index contributed by atoms with van der Waals surface area (Å²) >= 11 is 0. The number of halogens is 2. The molecule has 0 saturated heterocycles. The fourth-order valence-corrected chi connectivity index (χ4v) is 2.11. The summed E-state index contributed by atoms with van der Waals surface area (Å²) in [7, 11) is 0. The predicted octanol–water partition coefficient (Wildman–Crippen LogP) is 4.43. The van der Waals surface area contributed by atoms with Gasteiger partial charge in [-0.3, -0.25) is 9.78 Å². The van der Waals surface area contributed by atoms with Crippen molar-refractivity contribution in [3.05, 3.63) is 53.4 Å². The number of Topliss-reactive ketones (excluding diaryl/α,β-unsaturated/α-hetero) is 1. The van der Waals surface area contributed by atoms with Gasteiger partial charge in [-0.15, -0.1) is 0 Å². The lowest BCUT2D eigenvalue weighted by atomic mass is 9.96. The van der Waals surface area contributed by atoms with Crippen LogP contribution in [0.25, 0.3) is 11.1 Å². The molecule has 1 aromatic heterocycles. The largest absolute Gasteiger partial charge is 0.294 e. The van der Waals surface area contributed by atoms with Gasteiger partial charge in [0.25, 0.3) is 0 Å². The van der Waals surface area contributed by atoms with E-state index in [4.69, 9.17) is 0 Å². The van der Waals surface area contributed by atoms with Crippen molar-refractivity contribution in [3.63, 3.8) is 0 Å². The normalized spacial score (nSPS) is 11.0. The van der Waals surface area contributed by atoms with E-state index in [0.29, 0.717) is 11.1 Å². The summed E-state index contributed by atoms with van der Waals surface area (Å²) in [5, 5.41) is 0. The summed E-state index contributed by atoms with van der Waals surface area (Å²) in [5.41, 5.74) is 1.47. The summed E-state index contributed by atoms with van der Waals surface area (Å²) < 4.78 is 28.2. The molecule has 0 amide bonds. The Morgan fingerprint density at radius 3 is 2.29 bits per heavy atom. The van der Waals surface area contributed by atoms with Crippen molar-refractivity contribution in [1.82, 2.24) is 4.98 Å². The lowest BCUT2D eigenvalue weighted by molar-refractivity contribution is 0.0931. The maximum absolute atomic E-state index is 14.1. The zero-order valence-corrected chi connectivity index (χ0v) is 12.3. The van der Waals surface area contributed by atoms with Crippen molar-refractivity contribution in [2.45, 2.75) is 27.2 Å². The summed E-state index contributed by atoms with van der Waals surface area (Å²) in [6.07, 6.45) is 2.35. The zero-order chi connectivity index (χ0) is 15.6. The van der Waals surface area contributed by atoms with E-state index >= 15 is 0 Å². The molecule has 0 fully saturated rings. The van der Waals surface area contributed by atoms with Crippen LogP contribution in [0.4, 0.5) is 8.78 Å². The number of carbonyl (C=O) groups is 1. The average molecular weight is 289 g/mol. The van der Waals surface area contributed by atoms with Crippen LogP contribution < -0.4 is 0 Å². The molecule has 0 atom stereocenters. The van der Waals surface area contributed by atoms with Crippen LogP contribution in [0.1, 0.15) is 36.8 Å². The standard InChI is InChI=1S/C17H17F2NO/c1-4-13-7-11(5-6-20-13)12-8-14(18)16(15(19)9-12)17(21)10(2)3/h5-10H,4H2,1-3H3. The molecular formula is C17H17F2NO. The highest BCUT2D eigenvalue weighted by atomic mass is 19.1. The molecule has 0 aliphatic rings. The SMILES string of the molecule is CCc1cc(-c2cc(F)c(C(=O)C(C)C)c(F)c2)ccn1. The Kier molecular flexibility index (Phi) is 4.46. The van der Waals surface area contributed by atoms with Crippen LogP contribution in [0.5, 0.6) is 0 Å². The molecule has 0 aliphatic heterocycles. The molecule has 1 heterocycles. The van der Waals surface area contributed by atoms with Crippen LogP contribution in [0, 0.1) is 17.6 Å². The molecule has 0 spiro atoms. The minimum Gasteiger partial charge on any atom is -0.294 e. The summed E-state index contributed by atoms with van der Waals surface area (Å²) in [6, 6.07) is 5.89. The lowest BCUT2D eigenvalue weighted by Crippen LogP contribution is -2.12. The minimum atomic E-state index is -0.821. The second kappa shape index (κ2) is 6.12. The first-order chi connectivity index (χ1) is 9.93. The first kappa shape index (κ1) is 15.3. The van der Waals surface area contributed by atoms with E-state index in [1.54, 1.807) is 32.2 Å². The van der Waals surface area contributed by atoms with Crippen LogP contribution in [0.2, 0.25) is 0 Å². The number of benzene rings is 1. The summed E-state index contributed by atoms with van der Waals surface area (Å²) in [6.45, 7) is 5.19. The van der Waals surface area contributed by atoms with Crippen molar-refractivity contribution >= 4 is 5.78 Å². The smallest absolute Gasteiger partial charge is 0.171 e. The molecule has 2 rings (SSSR count). The maximum Gasteiger partial charge on any atom is 0.171 e. The fourth-order valence-electron chi connectivity index (χ4n) is 2.11. The third kappa shape index (κ3) is 3.15. The lowest BCUT2D eigenvalue weighted by Gasteiger charge is -2.10. The molecular weight excluding hydrogens is 272 g/mol. The highest BCUT2D eigenvalue weighted by Crippen LogP contribution is 2.26. The number of aryl methyl sites for hydroxylation is 1. The number of ketones is 1. The number of hydrogen-bond donors (Lipinski definition) is 0. The van der Waals surface area contributed by atoms with E-state index in [9.17, 15) is 13.6 Å². The Morgan fingerprint density at radius 1 is 1.14 bits per heavy atom. The molecule has 110 valence electrons. The van der Waals surface area contributed by atoms with Gasteiger partial charge in [-0.1, -0.05) is 20.8 Å². The second-order valence-electron chi connectivity index (χ2n) is 5.22. The Hall–Kier alpha value is -2.10. The van der Waals surface area contributed by atoms with Crippen LogP contribution >= 0.6 is 0 Å². The van der Waals surface area contributed by atoms with Crippen molar-refractivity contribution < 1.29 is 13.6 Å². The van der Waals surface area contributed by atoms with E-state index in [-0.39, 0.29) is 0 Å². The van der Waals surface area contributed by atoms with Gasteiger partial charge >= 0.3 is 0 Å². The Balaban J connectivity index is 2.51. The van der Waals surface area contributed by atoms with Crippen molar-refractivity contribution in [2.24, 2.45) is 5.92 Å². The Bertz CT molecular complexity index is 657. The Labute approximate surface area is 122 Å². The number of carbonyl (C=O) groups excluding carboxylic acids is 1. The molecule has 4 heteroatoms. The molecule has 0 bridgehead atoms. The van der Waals surface area contributed by atoms with Gasteiger partial charge in [0.05, 0.1) is 5.56 Å². The topological polar surface area (TPSA) is 30.0 Å². The van der Waals surface area contributed by atoms with Gasteiger partial charge in [0.1, 0.15) is 11.6 Å². The van der Waals surface area contributed by atoms with E-state index in [2.05, 4.69) is 4.98 Å². The maximum atomic E-state index is 14.1. The number of rotatable bonds is 4. The molecule has 0 saturated carbocycles. The summed E-state index contributed by atoms with van der Waals surface area (Å²) in [4.78, 5) is 16.0. The van der Waals surface area contributed by atoms with E-state index in [0.717, 1.165) is 12.1 Å². The molecule has 0 N–H and O–H groups in total. The average Bonchev–Trinajstić information content (AvgIpc) is 2.46. The minimum absolute atomic E-state index is 0.405. The number of hydrogen-bond acceptors (Lipinski definition) is 2. The Morgan fingerprint density at radius 2 is 1.76 bits per heavy atom. The third-order valence-electron chi connectivity index (χ3n) is 3.33. The van der Waals surface area contributed by atoms with Gasteiger partial charge < -0.3 is 0 Å². The second-order valence-corrected chi connectivity index (χ2v) is 5.22. The molecule has 0 radical (unpaired) electrons. The highest BCUT2D eigenvalue weighted by Gasteiger charge is 2.21. The molecule has 0 unspecified atom stereocenters. The summed E-state index contributed by atoms with van der Waals surface area (Å²) in [5.74, 6) is -2.62. The monoisotopic (exact) mass is 289 g/mol. The third-order valence-corrected chi connectivity index (χ3v) is 3.33. The van der Waals surface area contributed by atoms with Gasteiger partial charge in [0.2, 0.25) is 0 Å². The molecule has 1 aromatic carbocycles. The van der Waals surface area contributed by atoms with Gasteiger partial charge in [-0.05, 0) is 41.8 Å². The van der Waals surface area contributed by atoms with Crippen LogP contribution in [0.15, 0.2) is 30.5 Å². The zero-order valence-electron chi connectivity index (χ0n) is 12.3. The van der Waals surface area contributed by atoms with Gasteiger partial charge in [0.15, 0.2) is 5.78 Å². The van der Waals surface area contributed by atoms with E-state index < -0.39 is 28.9 Å². The van der Waals surface area contributed by atoms with Crippen LogP contribution in [0.3, 0.4) is 0 Å². The van der Waals surface area contributed by atoms with Crippen molar-refractivity contribution in [2.75, 3.05) is 0 Å². The van der Waals surface area contributed by atoms with Crippen LogP contribution in [-0.2, 0) is 6.42 Å². The predicted molar refractivity (Wildman–Crippen MR) is 78.1 cm³/mol. The first-order valence-electron chi connectivity index (χ1n) is 6.92. The van der Waals surface area contributed by atoms with Crippen molar-refractivity contribution in [1.29, 1.82) is 0 Å². The number of aromatic nitrogens is 1. The van der Waals surface area contributed by atoms with E-state index in [1.165, 1.54) is 12.1 Å². The number of pyridine rings is 1. The first-order valence-corrected chi connectivity index (χ1v) is 6.92. The number of nitrogens with zero attached hydrogens (tertiary/aromatic N) is 1. The van der Waals surface area contributed by atoms with Crippen LogP contribution in [-0.4, -0.2) is 10.8 Å². The molecule has 21 heavy (non-hydrogen) atoms. The van der Waals surface area contributed by atoms with Gasteiger partial charge in [-0.2, -0.15) is 0 Å².